The molecule has 1 heterocycles. The van der Waals surface area contributed by atoms with E-state index in [4.69, 9.17) is 4.74 Å². The maximum absolute atomic E-state index is 6.01. The van der Waals surface area contributed by atoms with Crippen LogP contribution >= 0.6 is 0 Å². The van der Waals surface area contributed by atoms with Gasteiger partial charge >= 0.3 is 0 Å². The van der Waals surface area contributed by atoms with Gasteiger partial charge in [0.05, 0.1) is 5.60 Å². The zero-order valence-corrected chi connectivity index (χ0v) is 11.2. The van der Waals surface area contributed by atoms with Crippen LogP contribution in [0.3, 0.4) is 0 Å². The van der Waals surface area contributed by atoms with Gasteiger partial charge in [0.25, 0.3) is 0 Å². The largest absolute Gasteiger partial charge is 0.375 e. The Morgan fingerprint density at radius 2 is 2.12 bits per heavy atom. The highest BCUT2D eigenvalue weighted by Gasteiger charge is 2.42. The van der Waals surface area contributed by atoms with Crippen LogP contribution in [-0.2, 0) is 4.74 Å². The number of rotatable bonds is 5. The molecule has 98 valence electrons. The molecule has 2 nitrogen and oxygen atoms in total. The summed E-state index contributed by atoms with van der Waals surface area (Å²) < 4.78 is 6.01. The van der Waals surface area contributed by atoms with Gasteiger partial charge < -0.3 is 10.1 Å². The Bertz CT molecular complexity index is 258. The van der Waals surface area contributed by atoms with Crippen LogP contribution in [0.1, 0.15) is 58.3 Å². The molecular weight excluding hydrogens is 210 g/mol. The van der Waals surface area contributed by atoms with Gasteiger partial charge in [-0.05, 0) is 69.7 Å². The van der Waals surface area contributed by atoms with Crippen LogP contribution in [0.5, 0.6) is 0 Å². The summed E-state index contributed by atoms with van der Waals surface area (Å²) in [5.41, 5.74) is 0.340. The molecule has 0 aromatic carbocycles. The molecule has 3 rings (SSSR count). The van der Waals surface area contributed by atoms with Gasteiger partial charge in [-0.1, -0.05) is 6.92 Å². The molecule has 1 spiro atoms. The van der Waals surface area contributed by atoms with Crippen LogP contribution in [0.4, 0.5) is 0 Å². The van der Waals surface area contributed by atoms with Crippen molar-refractivity contribution in [1.29, 1.82) is 0 Å². The molecule has 2 atom stereocenters. The Balaban J connectivity index is 1.40. The minimum Gasteiger partial charge on any atom is -0.375 e. The van der Waals surface area contributed by atoms with Crippen molar-refractivity contribution in [3.8, 4) is 0 Å². The van der Waals surface area contributed by atoms with Crippen molar-refractivity contribution in [1.82, 2.24) is 5.32 Å². The number of hydrogen-bond acceptors (Lipinski definition) is 2. The maximum atomic E-state index is 6.01. The highest BCUT2D eigenvalue weighted by atomic mass is 16.5. The third-order valence-electron chi connectivity index (χ3n) is 4.93. The summed E-state index contributed by atoms with van der Waals surface area (Å²) in [6.07, 6.45) is 10.9. The zero-order chi connectivity index (χ0) is 11.7. The van der Waals surface area contributed by atoms with Crippen molar-refractivity contribution in [3.63, 3.8) is 0 Å². The Morgan fingerprint density at radius 1 is 1.29 bits per heavy atom. The first-order valence-corrected chi connectivity index (χ1v) is 7.63. The van der Waals surface area contributed by atoms with E-state index in [0.29, 0.717) is 5.60 Å². The quantitative estimate of drug-likeness (QED) is 0.793. The van der Waals surface area contributed by atoms with Crippen molar-refractivity contribution in [3.05, 3.63) is 0 Å². The summed E-state index contributed by atoms with van der Waals surface area (Å²) in [5.74, 6) is 1.77. The first-order chi connectivity index (χ1) is 8.26. The van der Waals surface area contributed by atoms with Crippen LogP contribution in [-0.4, -0.2) is 24.8 Å². The van der Waals surface area contributed by atoms with Crippen LogP contribution in [0, 0.1) is 11.8 Å². The van der Waals surface area contributed by atoms with E-state index in [9.17, 15) is 0 Å². The number of hydrogen-bond donors (Lipinski definition) is 1. The van der Waals surface area contributed by atoms with E-state index in [1.807, 2.05) is 0 Å². The molecule has 17 heavy (non-hydrogen) atoms. The first kappa shape index (κ1) is 12.0. The molecule has 1 N–H and O–H groups in total. The molecule has 0 aromatic rings. The Labute approximate surface area is 105 Å². The molecule has 2 unspecified atom stereocenters. The van der Waals surface area contributed by atoms with Gasteiger partial charge in [0.1, 0.15) is 0 Å². The first-order valence-electron chi connectivity index (χ1n) is 7.63. The fourth-order valence-corrected chi connectivity index (χ4v) is 3.56. The molecule has 0 amide bonds. The van der Waals surface area contributed by atoms with E-state index < -0.39 is 0 Å². The summed E-state index contributed by atoms with van der Waals surface area (Å²) in [6, 6.07) is 0.866. The van der Waals surface area contributed by atoms with E-state index in [1.165, 1.54) is 57.9 Å². The lowest BCUT2D eigenvalue weighted by molar-refractivity contribution is -0.145. The van der Waals surface area contributed by atoms with E-state index in [0.717, 1.165) is 24.5 Å². The third-order valence-corrected chi connectivity index (χ3v) is 4.93. The molecule has 2 heteroatoms. The average Bonchev–Trinajstić information content (AvgIpc) is 3.08. The Morgan fingerprint density at radius 3 is 2.76 bits per heavy atom. The minimum absolute atomic E-state index is 0.340. The second-order valence-corrected chi connectivity index (χ2v) is 6.77. The lowest BCUT2D eigenvalue weighted by Crippen LogP contribution is -2.45. The Kier molecular flexibility index (Phi) is 3.45. The molecular formula is C15H27NO. The second-order valence-electron chi connectivity index (χ2n) is 6.77. The summed E-state index contributed by atoms with van der Waals surface area (Å²) >= 11 is 0. The van der Waals surface area contributed by atoms with Crippen LogP contribution in [0.2, 0.25) is 0 Å². The predicted octanol–water partition coefficient (Wildman–Crippen LogP) is 3.11. The average molecular weight is 237 g/mol. The number of ether oxygens (including phenoxy) is 1. The third kappa shape index (κ3) is 3.03. The monoisotopic (exact) mass is 237 g/mol. The molecule has 0 radical (unpaired) electrons. The van der Waals surface area contributed by atoms with E-state index in [2.05, 4.69) is 12.2 Å². The van der Waals surface area contributed by atoms with Gasteiger partial charge in [0.15, 0.2) is 0 Å². The molecule has 1 saturated heterocycles. The zero-order valence-electron chi connectivity index (χ0n) is 11.2. The van der Waals surface area contributed by atoms with Gasteiger partial charge in [0, 0.05) is 12.6 Å². The summed E-state index contributed by atoms with van der Waals surface area (Å²) in [7, 11) is 0. The normalized spacial score (nSPS) is 33.4. The van der Waals surface area contributed by atoms with Gasteiger partial charge in [-0.15, -0.1) is 0 Å². The highest BCUT2D eigenvalue weighted by molar-refractivity contribution is 4.94. The molecule has 2 saturated carbocycles. The summed E-state index contributed by atoms with van der Waals surface area (Å²) in [6.45, 7) is 4.67. The highest BCUT2D eigenvalue weighted by Crippen LogP contribution is 2.45. The molecule has 0 aromatic heterocycles. The topological polar surface area (TPSA) is 21.3 Å². The minimum atomic E-state index is 0.340. The molecule has 3 aliphatic rings. The van der Waals surface area contributed by atoms with Crippen molar-refractivity contribution >= 4 is 0 Å². The van der Waals surface area contributed by atoms with Gasteiger partial charge in [-0.2, -0.15) is 0 Å². The molecule has 1 aliphatic heterocycles. The van der Waals surface area contributed by atoms with Crippen molar-refractivity contribution in [2.24, 2.45) is 11.8 Å². The summed E-state index contributed by atoms with van der Waals surface area (Å²) in [5, 5.41) is 3.66. The van der Waals surface area contributed by atoms with E-state index in [1.54, 1.807) is 0 Å². The maximum Gasteiger partial charge on any atom is 0.0685 e. The number of nitrogens with one attached hydrogen (secondary N) is 1. The van der Waals surface area contributed by atoms with Crippen molar-refractivity contribution in [2.45, 2.75) is 69.9 Å². The summed E-state index contributed by atoms with van der Waals surface area (Å²) in [4.78, 5) is 0. The Hall–Kier alpha value is -0.0800. The fraction of sp³-hybridized carbons (Fsp3) is 1.00. The SMILES string of the molecule is CC(CNC1CC1)CC1CCOC2(CCC2)C1. The van der Waals surface area contributed by atoms with Crippen LogP contribution < -0.4 is 5.32 Å². The van der Waals surface area contributed by atoms with Crippen LogP contribution in [0.15, 0.2) is 0 Å². The van der Waals surface area contributed by atoms with Crippen LogP contribution in [0.25, 0.3) is 0 Å². The molecule has 2 aliphatic carbocycles. The fourth-order valence-electron chi connectivity index (χ4n) is 3.56. The van der Waals surface area contributed by atoms with Crippen molar-refractivity contribution in [2.75, 3.05) is 13.2 Å². The van der Waals surface area contributed by atoms with E-state index in [-0.39, 0.29) is 0 Å². The smallest absolute Gasteiger partial charge is 0.0685 e. The van der Waals surface area contributed by atoms with Gasteiger partial charge in [0.2, 0.25) is 0 Å². The second kappa shape index (κ2) is 4.89. The molecule has 3 fully saturated rings. The standard InChI is InChI=1S/C15H27NO/c1-12(11-16-14-3-4-14)9-13-5-8-17-15(10-13)6-2-7-15/h12-14,16H,2-11H2,1H3. The molecule has 0 bridgehead atoms. The van der Waals surface area contributed by atoms with Crippen molar-refractivity contribution < 1.29 is 4.74 Å². The van der Waals surface area contributed by atoms with Gasteiger partial charge in [-0.25, -0.2) is 0 Å². The lowest BCUT2D eigenvalue weighted by Gasteiger charge is -2.47. The van der Waals surface area contributed by atoms with E-state index >= 15 is 0 Å². The predicted molar refractivity (Wildman–Crippen MR) is 70.1 cm³/mol. The lowest BCUT2D eigenvalue weighted by atomic mass is 9.70. The van der Waals surface area contributed by atoms with Gasteiger partial charge in [-0.3, -0.25) is 0 Å².